The average Bonchev–Trinajstić information content (AvgIpc) is 2.30. The molecule has 2 unspecified atom stereocenters. The van der Waals surface area contributed by atoms with Crippen LogP contribution in [0.15, 0.2) is 18.5 Å². The van der Waals surface area contributed by atoms with Gasteiger partial charge in [0.25, 0.3) is 0 Å². The van der Waals surface area contributed by atoms with Gasteiger partial charge >= 0.3 is 0 Å². The number of nitrogens with zero attached hydrogens (tertiary/aromatic N) is 2. The molecule has 17 heavy (non-hydrogen) atoms. The molecule has 0 radical (unpaired) electrons. The monoisotopic (exact) mass is 253 g/mol. The highest BCUT2D eigenvalue weighted by Gasteiger charge is 2.23. The van der Waals surface area contributed by atoms with Gasteiger partial charge in [0.15, 0.2) is 0 Å². The van der Waals surface area contributed by atoms with E-state index in [2.05, 4.69) is 29.2 Å². The fraction of sp³-hybridized carbons (Fsp3) is 0.615. The highest BCUT2D eigenvalue weighted by Crippen LogP contribution is 2.18. The molecular formula is C13H20ClN3. The molecule has 1 saturated heterocycles. The van der Waals surface area contributed by atoms with E-state index >= 15 is 0 Å². The van der Waals surface area contributed by atoms with E-state index in [0.717, 1.165) is 17.1 Å². The van der Waals surface area contributed by atoms with Crippen molar-refractivity contribution in [3.63, 3.8) is 0 Å². The number of piperidine rings is 1. The molecule has 0 saturated carbocycles. The maximum absolute atomic E-state index is 6.09. The van der Waals surface area contributed by atoms with Crippen molar-refractivity contribution < 1.29 is 0 Å². The van der Waals surface area contributed by atoms with Crippen LogP contribution in [0.5, 0.6) is 0 Å². The largest absolute Gasteiger partial charge is 0.310 e. The third-order valence-corrected chi connectivity index (χ3v) is 3.86. The lowest BCUT2D eigenvalue weighted by Gasteiger charge is -2.35. The van der Waals surface area contributed by atoms with Gasteiger partial charge in [0.05, 0.1) is 5.02 Å². The molecule has 4 heteroatoms. The molecule has 1 fully saturated rings. The minimum absolute atomic E-state index is 0.593. The van der Waals surface area contributed by atoms with Crippen LogP contribution in [0.4, 0.5) is 0 Å². The Balaban J connectivity index is 1.88. The second kappa shape index (κ2) is 5.80. The van der Waals surface area contributed by atoms with Gasteiger partial charge < -0.3 is 10.2 Å². The molecule has 1 aliphatic rings. The Labute approximate surface area is 108 Å². The number of rotatable bonds is 3. The minimum atomic E-state index is 0.593. The predicted octanol–water partition coefficient (Wildman–Crippen LogP) is 2.16. The van der Waals surface area contributed by atoms with E-state index in [0.29, 0.717) is 12.0 Å². The number of aromatic nitrogens is 1. The molecule has 0 aromatic carbocycles. The van der Waals surface area contributed by atoms with Crippen molar-refractivity contribution in [1.29, 1.82) is 0 Å². The van der Waals surface area contributed by atoms with Gasteiger partial charge in [0.1, 0.15) is 0 Å². The smallest absolute Gasteiger partial charge is 0.0634 e. The first kappa shape index (κ1) is 12.8. The van der Waals surface area contributed by atoms with E-state index in [1.807, 2.05) is 6.07 Å². The Morgan fingerprint density at radius 2 is 2.41 bits per heavy atom. The molecule has 0 amide bonds. The second-order valence-electron chi connectivity index (χ2n) is 4.98. The van der Waals surface area contributed by atoms with Gasteiger partial charge in [0, 0.05) is 31.5 Å². The van der Waals surface area contributed by atoms with E-state index in [4.69, 9.17) is 11.6 Å². The lowest BCUT2D eigenvalue weighted by atomic mass is 9.94. The van der Waals surface area contributed by atoms with Crippen molar-refractivity contribution in [3.8, 4) is 0 Å². The molecular weight excluding hydrogens is 234 g/mol. The summed E-state index contributed by atoms with van der Waals surface area (Å²) in [6, 6.07) is 2.57. The number of hydrogen-bond donors (Lipinski definition) is 1. The quantitative estimate of drug-likeness (QED) is 0.895. The normalized spacial score (nSPS) is 26.1. The molecule has 94 valence electrons. The summed E-state index contributed by atoms with van der Waals surface area (Å²) < 4.78 is 0. The Morgan fingerprint density at radius 1 is 1.59 bits per heavy atom. The average molecular weight is 254 g/mol. The molecule has 1 aliphatic heterocycles. The summed E-state index contributed by atoms with van der Waals surface area (Å²) in [6.45, 7) is 5.48. The van der Waals surface area contributed by atoms with Crippen LogP contribution in [0, 0.1) is 5.92 Å². The lowest BCUT2D eigenvalue weighted by Crippen LogP contribution is -2.46. The maximum atomic E-state index is 6.09. The van der Waals surface area contributed by atoms with E-state index in [1.165, 1.54) is 19.5 Å². The molecule has 1 N–H and O–H groups in total. The fourth-order valence-electron chi connectivity index (χ4n) is 2.45. The van der Waals surface area contributed by atoms with Crippen LogP contribution in [-0.2, 0) is 6.54 Å². The number of pyridine rings is 1. The summed E-state index contributed by atoms with van der Waals surface area (Å²) in [5.41, 5.74) is 1.13. The fourth-order valence-corrected chi connectivity index (χ4v) is 2.63. The summed E-state index contributed by atoms with van der Waals surface area (Å²) in [4.78, 5) is 6.39. The summed E-state index contributed by atoms with van der Waals surface area (Å²) in [6.07, 6.45) is 4.71. The lowest BCUT2D eigenvalue weighted by molar-refractivity contribution is 0.174. The van der Waals surface area contributed by atoms with Crippen molar-refractivity contribution in [1.82, 2.24) is 15.2 Å². The molecule has 2 heterocycles. The van der Waals surface area contributed by atoms with Gasteiger partial charge in [-0.2, -0.15) is 0 Å². The van der Waals surface area contributed by atoms with Crippen LogP contribution < -0.4 is 5.32 Å². The van der Waals surface area contributed by atoms with Crippen molar-refractivity contribution >= 4 is 11.6 Å². The van der Waals surface area contributed by atoms with Crippen LogP contribution in [0.2, 0.25) is 5.02 Å². The zero-order chi connectivity index (χ0) is 12.3. The summed E-state index contributed by atoms with van der Waals surface area (Å²) in [5.74, 6) is 0.689. The molecule has 1 aromatic heterocycles. The molecule has 0 spiro atoms. The predicted molar refractivity (Wildman–Crippen MR) is 71.2 cm³/mol. The molecule has 0 bridgehead atoms. The summed E-state index contributed by atoms with van der Waals surface area (Å²) >= 11 is 6.09. The van der Waals surface area contributed by atoms with Gasteiger partial charge in [-0.25, -0.2) is 0 Å². The van der Waals surface area contributed by atoms with Crippen LogP contribution in [0.3, 0.4) is 0 Å². The van der Waals surface area contributed by atoms with Crippen LogP contribution in [0.1, 0.15) is 18.9 Å². The third kappa shape index (κ3) is 3.41. The van der Waals surface area contributed by atoms with Gasteiger partial charge in [-0.1, -0.05) is 18.5 Å². The number of halogens is 1. The highest BCUT2D eigenvalue weighted by molar-refractivity contribution is 6.31. The Hall–Kier alpha value is -0.640. The Kier molecular flexibility index (Phi) is 4.37. The van der Waals surface area contributed by atoms with E-state index < -0.39 is 0 Å². The summed E-state index contributed by atoms with van der Waals surface area (Å²) in [5, 5.41) is 4.36. The molecule has 0 aliphatic carbocycles. The van der Waals surface area contributed by atoms with Gasteiger partial charge in [-0.15, -0.1) is 0 Å². The SMILES string of the molecule is CC1CN(C)CCC1NCc1ccncc1Cl. The molecule has 2 atom stereocenters. The zero-order valence-corrected chi connectivity index (χ0v) is 11.2. The number of nitrogens with one attached hydrogen (secondary N) is 1. The van der Waals surface area contributed by atoms with Crippen molar-refractivity contribution in [2.45, 2.75) is 25.9 Å². The first-order valence-electron chi connectivity index (χ1n) is 6.17. The Bertz CT molecular complexity index is 369. The van der Waals surface area contributed by atoms with E-state index in [1.54, 1.807) is 12.4 Å². The number of likely N-dealkylation sites (tertiary alicyclic amines) is 1. The van der Waals surface area contributed by atoms with Gasteiger partial charge in [0.2, 0.25) is 0 Å². The van der Waals surface area contributed by atoms with Crippen LogP contribution >= 0.6 is 11.6 Å². The van der Waals surface area contributed by atoms with Crippen molar-refractivity contribution in [2.75, 3.05) is 20.1 Å². The summed E-state index contributed by atoms with van der Waals surface area (Å²) in [7, 11) is 2.19. The first-order valence-corrected chi connectivity index (χ1v) is 6.55. The standard InChI is InChI=1S/C13H20ClN3/c1-10-9-17(2)6-4-13(10)16-7-11-3-5-15-8-12(11)14/h3,5,8,10,13,16H,4,6-7,9H2,1-2H3. The van der Waals surface area contributed by atoms with Crippen molar-refractivity contribution in [3.05, 3.63) is 29.0 Å². The van der Waals surface area contributed by atoms with Crippen molar-refractivity contribution in [2.24, 2.45) is 5.92 Å². The first-order chi connectivity index (χ1) is 8.16. The zero-order valence-electron chi connectivity index (χ0n) is 10.5. The van der Waals surface area contributed by atoms with Crippen LogP contribution in [0.25, 0.3) is 0 Å². The number of hydrogen-bond acceptors (Lipinski definition) is 3. The van der Waals surface area contributed by atoms with Gasteiger partial charge in [-0.3, -0.25) is 4.98 Å². The molecule has 2 rings (SSSR count). The molecule has 3 nitrogen and oxygen atoms in total. The topological polar surface area (TPSA) is 28.2 Å². The molecule has 1 aromatic rings. The van der Waals surface area contributed by atoms with E-state index in [9.17, 15) is 0 Å². The third-order valence-electron chi connectivity index (χ3n) is 3.52. The Morgan fingerprint density at radius 3 is 3.12 bits per heavy atom. The second-order valence-corrected chi connectivity index (χ2v) is 5.39. The highest BCUT2D eigenvalue weighted by atomic mass is 35.5. The van der Waals surface area contributed by atoms with Crippen LogP contribution in [-0.4, -0.2) is 36.1 Å². The minimum Gasteiger partial charge on any atom is -0.310 e. The van der Waals surface area contributed by atoms with E-state index in [-0.39, 0.29) is 0 Å². The maximum Gasteiger partial charge on any atom is 0.0634 e. The van der Waals surface area contributed by atoms with Gasteiger partial charge in [-0.05, 0) is 37.6 Å².